The van der Waals surface area contributed by atoms with Gasteiger partial charge in [-0.2, -0.15) is 0 Å². The van der Waals surface area contributed by atoms with E-state index in [1.165, 1.54) is 22.0 Å². The van der Waals surface area contributed by atoms with Crippen molar-refractivity contribution >= 4 is 17.2 Å². The standard InChI is InChI=1S/C19H19NO/c1-20-13-17(18-9-5-6-10-19(18)20)12-16(14-21)11-15-7-3-2-4-8-15/h2-10,13-14,16H,11-12H2,1H3. The summed E-state index contributed by atoms with van der Waals surface area (Å²) < 4.78 is 2.13. The summed E-state index contributed by atoms with van der Waals surface area (Å²) in [5.41, 5.74) is 3.69. The number of nitrogens with zero attached hydrogens (tertiary/aromatic N) is 1. The number of carbonyl (C=O) groups excluding carboxylic acids is 1. The van der Waals surface area contributed by atoms with E-state index < -0.39 is 0 Å². The van der Waals surface area contributed by atoms with Gasteiger partial charge in [-0.3, -0.25) is 0 Å². The second-order valence-corrected chi connectivity index (χ2v) is 5.57. The molecule has 2 nitrogen and oxygen atoms in total. The summed E-state index contributed by atoms with van der Waals surface area (Å²) in [5, 5.41) is 1.25. The molecular formula is C19H19NO. The number of benzene rings is 2. The van der Waals surface area contributed by atoms with Gasteiger partial charge in [0.15, 0.2) is 0 Å². The second kappa shape index (κ2) is 5.96. The highest BCUT2D eigenvalue weighted by molar-refractivity contribution is 5.84. The number of rotatable bonds is 5. The van der Waals surface area contributed by atoms with Gasteiger partial charge in [-0.15, -0.1) is 0 Å². The number of carbonyl (C=O) groups is 1. The molecule has 2 aromatic carbocycles. The van der Waals surface area contributed by atoms with E-state index in [0.717, 1.165) is 19.1 Å². The molecule has 0 bridgehead atoms. The maximum absolute atomic E-state index is 11.4. The molecular weight excluding hydrogens is 258 g/mol. The summed E-state index contributed by atoms with van der Waals surface area (Å²) in [6.07, 6.45) is 4.83. The number of aldehydes is 1. The number of hydrogen-bond acceptors (Lipinski definition) is 1. The summed E-state index contributed by atoms with van der Waals surface area (Å²) in [4.78, 5) is 11.4. The average molecular weight is 277 g/mol. The fourth-order valence-corrected chi connectivity index (χ4v) is 2.96. The first-order valence-electron chi connectivity index (χ1n) is 7.30. The van der Waals surface area contributed by atoms with Crippen LogP contribution in [0.5, 0.6) is 0 Å². The topological polar surface area (TPSA) is 22.0 Å². The molecule has 0 amide bonds. The smallest absolute Gasteiger partial charge is 0.123 e. The van der Waals surface area contributed by atoms with Crippen LogP contribution in [0.4, 0.5) is 0 Å². The minimum Gasteiger partial charge on any atom is -0.350 e. The molecule has 1 unspecified atom stereocenters. The molecule has 0 aliphatic rings. The minimum atomic E-state index is 0.0261. The van der Waals surface area contributed by atoms with Gasteiger partial charge in [0.1, 0.15) is 6.29 Å². The SMILES string of the molecule is Cn1cc(CC(C=O)Cc2ccccc2)c2ccccc21. The van der Waals surface area contributed by atoms with Crippen LogP contribution >= 0.6 is 0 Å². The summed E-state index contributed by atoms with van der Waals surface area (Å²) >= 11 is 0. The summed E-state index contributed by atoms with van der Waals surface area (Å²) in [6, 6.07) is 18.6. The number of hydrogen-bond donors (Lipinski definition) is 0. The molecule has 1 heterocycles. The van der Waals surface area contributed by atoms with Gasteiger partial charge in [0, 0.05) is 30.1 Å². The Morgan fingerprint density at radius 2 is 1.71 bits per heavy atom. The Morgan fingerprint density at radius 3 is 2.48 bits per heavy atom. The van der Waals surface area contributed by atoms with Crippen molar-refractivity contribution in [2.75, 3.05) is 0 Å². The fourth-order valence-electron chi connectivity index (χ4n) is 2.96. The molecule has 2 heteroatoms. The lowest BCUT2D eigenvalue weighted by molar-refractivity contribution is -0.111. The predicted molar refractivity (Wildman–Crippen MR) is 86.3 cm³/mol. The van der Waals surface area contributed by atoms with Crippen molar-refractivity contribution in [1.29, 1.82) is 0 Å². The molecule has 0 saturated carbocycles. The molecule has 1 aromatic heterocycles. The Hall–Kier alpha value is -2.35. The highest BCUT2D eigenvalue weighted by atomic mass is 16.1. The normalized spacial score (nSPS) is 12.4. The van der Waals surface area contributed by atoms with Crippen molar-refractivity contribution < 1.29 is 4.79 Å². The third-order valence-electron chi connectivity index (χ3n) is 3.99. The van der Waals surface area contributed by atoms with Crippen LogP contribution in [0.3, 0.4) is 0 Å². The zero-order chi connectivity index (χ0) is 14.7. The lowest BCUT2D eigenvalue weighted by Gasteiger charge is -2.09. The van der Waals surface area contributed by atoms with Crippen molar-refractivity contribution in [3.8, 4) is 0 Å². The molecule has 0 saturated heterocycles. The van der Waals surface area contributed by atoms with Crippen molar-refractivity contribution in [3.05, 3.63) is 71.9 Å². The maximum atomic E-state index is 11.4. The number of aryl methyl sites for hydroxylation is 1. The van der Waals surface area contributed by atoms with Crippen molar-refractivity contribution in [2.45, 2.75) is 12.8 Å². The van der Waals surface area contributed by atoms with Crippen LogP contribution in [-0.2, 0) is 24.7 Å². The monoisotopic (exact) mass is 277 g/mol. The summed E-state index contributed by atoms with van der Waals surface area (Å²) in [7, 11) is 2.05. The Labute approximate surface area is 125 Å². The molecule has 0 spiro atoms. The Bertz CT molecular complexity index is 743. The van der Waals surface area contributed by atoms with Gasteiger partial charge in [0.05, 0.1) is 0 Å². The number of para-hydroxylation sites is 1. The quantitative estimate of drug-likeness (QED) is 0.651. The first kappa shape index (κ1) is 13.6. The van der Waals surface area contributed by atoms with E-state index in [4.69, 9.17) is 0 Å². The van der Waals surface area contributed by atoms with E-state index in [1.807, 2.05) is 24.3 Å². The van der Waals surface area contributed by atoms with Crippen LogP contribution < -0.4 is 0 Å². The molecule has 106 valence electrons. The average Bonchev–Trinajstić information content (AvgIpc) is 2.84. The zero-order valence-corrected chi connectivity index (χ0v) is 12.2. The van der Waals surface area contributed by atoms with E-state index in [-0.39, 0.29) is 5.92 Å². The summed E-state index contributed by atoms with van der Waals surface area (Å²) in [5.74, 6) is 0.0261. The molecule has 0 aliphatic heterocycles. The van der Waals surface area contributed by atoms with Crippen LogP contribution in [0.2, 0.25) is 0 Å². The van der Waals surface area contributed by atoms with Gasteiger partial charge in [0.25, 0.3) is 0 Å². The van der Waals surface area contributed by atoms with Gasteiger partial charge in [0.2, 0.25) is 0 Å². The molecule has 1 atom stereocenters. The molecule has 3 rings (SSSR count). The van der Waals surface area contributed by atoms with Gasteiger partial charge in [-0.1, -0.05) is 48.5 Å². The molecule has 21 heavy (non-hydrogen) atoms. The van der Waals surface area contributed by atoms with Gasteiger partial charge in [-0.05, 0) is 30.0 Å². The van der Waals surface area contributed by atoms with Gasteiger partial charge >= 0.3 is 0 Å². The molecule has 3 aromatic rings. The Morgan fingerprint density at radius 1 is 1.00 bits per heavy atom. The maximum Gasteiger partial charge on any atom is 0.123 e. The third-order valence-corrected chi connectivity index (χ3v) is 3.99. The Balaban J connectivity index is 1.84. The number of aromatic nitrogens is 1. The molecule has 0 fully saturated rings. The van der Waals surface area contributed by atoms with Crippen LogP contribution in [-0.4, -0.2) is 10.9 Å². The van der Waals surface area contributed by atoms with E-state index in [2.05, 4.69) is 48.1 Å². The first-order chi connectivity index (χ1) is 10.3. The van der Waals surface area contributed by atoms with Crippen molar-refractivity contribution in [3.63, 3.8) is 0 Å². The predicted octanol–water partition coefficient (Wildman–Crippen LogP) is 3.78. The van der Waals surface area contributed by atoms with E-state index in [0.29, 0.717) is 0 Å². The largest absolute Gasteiger partial charge is 0.350 e. The van der Waals surface area contributed by atoms with Crippen molar-refractivity contribution in [2.24, 2.45) is 13.0 Å². The lowest BCUT2D eigenvalue weighted by Crippen LogP contribution is -2.09. The zero-order valence-electron chi connectivity index (χ0n) is 12.2. The molecule has 0 aliphatic carbocycles. The van der Waals surface area contributed by atoms with E-state index >= 15 is 0 Å². The molecule has 0 N–H and O–H groups in total. The van der Waals surface area contributed by atoms with Gasteiger partial charge in [-0.25, -0.2) is 0 Å². The van der Waals surface area contributed by atoms with Crippen LogP contribution in [0.25, 0.3) is 10.9 Å². The highest BCUT2D eigenvalue weighted by Crippen LogP contribution is 2.23. The van der Waals surface area contributed by atoms with Crippen molar-refractivity contribution in [1.82, 2.24) is 4.57 Å². The lowest BCUT2D eigenvalue weighted by atomic mass is 9.93. The van der Waals surface area contributed by atoms with Crippen LogP contribution in [0.15, 0.2) is 60.8 Å². The van der Waals surface area contributed by atoms with E-state index in [9.17, 15) is 4.79 Å². The third kappa shape index (κ3) is 2.89. The van der Waals surface area contributed by atoms with Crippen LogP contribution in [0.1, 0.15) is 11.1 Å². The second-order valence-electron chi connectivity index (χ2n) is 5.57. The number of fused-ring (bicyclic) bond motifs is 1. The van der Waals surface area contributed by atoms with Crippen LogP contribution in [0, 0.1) is 5.92 Å². The highest BCUT2D eigenvalue weighted by Gasteiger charge is 2.13. The van der Waals surface area contributed by atoms with Gasteiger partial charge < -0.3 is 9.36 Å². The van der Waals surface area contributed by atoms with E-state index in [1.54, 1.807) is 0 Å². The summed E-state index contributed by atoms with van der Waals surface area (Å²) in [6.45, 7) is 0. The molecule has 0 radical (unpaired) electrons. The Kier molecular flexibility index (Phi) is 3.87. The first-order valence-corrected chi connectivity index (χ1v) is 7.30. The fraction of sp³-hybridized carbons (Fsp3) is 0.211. The minimum absolute atomic E-state index is 0.0261.